The molecule has 98 valence electrons. The molecule has 2 N–H and O–H groups in total. The molecular weight excluding hydrogens is 228 g/mol. The van der Waals surface area contributed by atoms with Gasteiger partial charge in [-0.1, -0.05) is 13.3 Å². The molecule has 4 atom stereocenters. The number of carbonyl (C=O) groups is 1. The summed E-state index contributed by atoms with van der Waals surface area (Å²) in [6.07, 6.45) is 7.24. The SMILES string of the molecule is CCC(NC(=O)C1CC2CCC1C2)c1ncn[nH]1. The first-order valence-electron chi connectivity index (χ1n) is 6.93. The van der Waals surface area contributed by atoms with E-state index < -0.39 is 0 Å². The average molecular weight is 248 g/mol. The van der Waals surface area contributed by atoms with Gasteiger partial charge in [-0.2, -0.15) is 5.10 Å². The number of nitrogens with one attached hydrogen (secondary N) is 2. The van der Waals surface area contributed by atoms with E-state index in [0.29, 0.717) is 5.92 Å². The second kappa shape index (κ2) is 4.71. The van der Waals surface area contributed by atoms with Crippen molar-refractivity contribution in [2.45, 2.75) is 45.1 Å². The van der Waals surface area contributed by atoms with Crippen molar-refractivity contribution in [3.63, 3.8) is 0 Å². The van der Waals surface area contributed by atoms with Gasteiger partial charge in [0.25, 0.3) is 0 Å². The lowest BCUT2D eigenvalue weighted by molar-refractivity contribution is -0.127. The van der Waals surface area contributed by atoms with E-state index >= 15 is 0 Å². The molecule has 4 unspecified atom stereocenters. The summed E-state index contributed by atoms with van der Waals surface area (Å²) in [5, 5.41) is 9.81. The van der Waals surface area contributed by atoms with Gasteiger partial charge < -0.3 is 5.32 Å². The summed E-state index contributed by atoms with van der Waals surface area (Å²) in [5.41, 5.74) is 0. The molecule has 2 aliphatic rings. The van der Waals surface area contributed by atoms with Crippen LogP contribution < -0.4 is 5.32 Å². The van der Waals surface area contributed by atoms with Gasteiger partial charge in [0.1, 0.15) is 12.2 Å². The lowest BCUT2D eigenvalue weighted by atomic mass is 9.88. The fraction of sp³-hybridized carbons (Fsp3) is 0.769. The van der Waals surface area contributed by atoms with Gasteiger partial charge in [0, 0.05) is 5.92 Å². The highest BCUT2D eigenvalue weighted by molar-refractivity contribution is 5.79. The molecular formula is C13H20N4O. The molecule has 0 saturated heterocycles. The van der Waals surface area contributed by atoms with E-state index in [-0.39, 0.29) is 17.9 Å². The van der Waals surface area contributed by atoms with E-state index in [1.165, 1.54) is 25.6 Å². The predicted octanol–water partition coefficient (Wildman–Crippen LogP) is 1.81. The van der Waals surface area contributed by atoms with Gasteiger partial charge in [-0.05, 0) is 37.5 Å². The highest BCUT2D eigenvalue weighted by Gasteiger charge is 2.43. The van der Waals surface area contributed by atoms with Gasteiger partial charge in [0.15, 0.2) is 0 Å². The monoisotopic (exact) mass is 248 g/mol. The minimum absolute atomic E-state index is 0.0286. The Kier molecular flexibility index (Phi) is 3.06. The molecule has 1 heterocycles. The zero-order chi connectivity index (χ0) is 12.5. The number of fused-ring (bicyclic) bond motifs is 2. The molecule has 1 aromatic rings. The Hall–Kier alpha value is -1.39. The van der Waals surface area contributed by atoms with E-state index in [1.807, 2.05) is 6.92 Å². The maximum absolute atomic E-state index is 12.3. The standard InChI is InChI=1S/C13H20N4O/c1-2-11(12-14-7-15-17-12)16-13(18)10-6-8-3-4-9(10)5-8/h7-11H,2-6H2,1H3,(H,16,18)(H,14,15,17). The maximum Gasteiger partial charge on any atom is 0.223 e. The topological polar surface area (TPSA) is 70.7 Å². The Bertz CT molecular complexity index is 417. The fourth-order valence-electron chi connectivity index (χ4n) is 3.59. The fourth-order valence-corrected chi connectivity index (χ4v) is 3.59. The summed E-state index contributed by atoms with van der Waals surface area (Å²) in [6, 6.07) is -0.0286. The van der Waals surface area contributed by atoms with Crippen LogP contribution in [0, 0.1) is 17.8 Å². The molecule has 3 rings (SSSR count). The van der Waals surface area contributed by atoms with E-state index in [9.17, 15) is 4.79 Å². The molecule has 1 aromatic heterocycles. The number of hydrogen-bond acceptors (Lipinski definition) is 3. The molecule has 0 aliphatic heterocycles. The maximum atomic E-state index is 12.3. The molecule has 2 bridgehead atoms. The van der Waals surface area contributed by atoms with E-state index in [2.05, 4.69) is 20.5 Å². The number of carbonyl (C=O) groups excluding carboxylic acids is 1. The van der Waals surface area contributed by atoms with Crippen LogP contribution in [0.2, 0.25) is 0 Å². The lowest BCUT2D eigenvalue weighted by Gasteiger charge is -2.23. The minimum atomic E-state index is -0.0286. The second-order valence-corrected chi connectivity index (χ2v) is 5.62. The zero-order valence-corrected chi connectivity index (χ0v) is 10.7. The Balaban J connectivity index is 1.63. The molecule has 5 nitrogen and oxygen atoms in total. The number of rotatable bonds is 4. The number of amides is 1. The highest BCUT2D eigenvalue weighted by atomic mass is 16.2. The van der Waals surface area contributed by atoms with Crippen LogP contribution in [0.5, 0.6) is 0 Å². The van der Waals surface area contributed by atoms with Crippen molar-refractivity contribution in [3.8, 4) is 0 Å². The van der Waals surface area contributed by atoms with Crippen molar-refractivity contribution in [1.82, 2.24) is 20.5 Å². The zero-order valence-electron chi connectivity index (χ0n) is 10.7. The molecule has 2 aliphatic carbocycles. The molecule has 0 radical (unpaired) electrons. The first kappa shape index (κ1) is 11.7. The molecule has 2 fully saturated rings. The first-order chi connectivity index (χ1) is 8.78. The van der Waals surface area contributed by atoms with Crippen molar-refractivity contribution in [1.29, 1.82) is 0 Å². The van der Waals surface area contributed by atoms with Gasteiger partial charge in [0.05, 0.1) is 6.04 Å². The number of aromatic nitrogens is 3. The first-order valence-corrected chi connectivity index (χ1v) is 6.93. The number of aromatic amines is 1. The number of H-pyrrole nitrogens is 1. The number of hydrogen-bond donors (Lipinski definition) is 2. The van der Waals surface area contributed by atoms with Crippen molar-refractivity contribution >= 4 is 5.91 Å². The Morgan fingerprint density at radius 3 is 3.00 bits per heavy atom. The third-order valence-corrected chi connectivity index (χ3v) is 4.56. The third kappa shape index (κ3) is 2.02. The summed E-state index contributed by atoms with van der Waals surface area (Å²) in [6.45, 7) is 2.05. The molecule has 5 heteroatoms. The predicted molar refractivity (Wildman–Crippen MR) is 66.5 cm³/mol. The highest BCUT2D eigenvalue weighted by Crippen LogP contribution is 2.48. The van der Waals surface area contributed by atoms with Gasteiger partial charge in [-0.15, -0.1) is 0 Å². The van der Waals surface area contributed by atoms with Crippen LogP contribution >= 0.6 is 0 Å². The van der Waals surface area contributed by atoms with Gasteiger partial charge >= 0.3 is 0 Å². The Morgan fingerprint density at radius 1 is 1.56 bits per heavy atom. The summed E-state index contributed by atoms with van der Waals surface area (Å²) in [5.74, 6) is 2.64. The smallest absolute Gasteiger partial charge is 0.223 e. The summed E-state index contributed by atoms with van der Waals surface area (Å²) < 4.78 is 0. The van der Waals surface area contributed by atoms with E-state index in [1.54, 1.807) is 0 Å². The second-order valence-electron chi connectivity index (χ2n) is 5.62. The van der Waals surface area contributed by atoms with Crippen LogP contribution in [0.3, 0.4) is 0 Å². The molecule has 0 spiro atoms. The molecule has 2 saturated carbocycles. The lowest BCUT2D eigenvalue weighted by Crippen LogP contribution is -2.36. The normalized spacial score (nSPS) is 31.5. The van der Waals surface area contributed by atoms with Crippen LogP contribution in [0.4, 0.5) is 0 Å². The van der Waals surface area contributed by atoms with Gasteiger partial charge in [-0.25, -0.2) is 4.98 Å². The molecule has 18 heavy (non-hydrogen) atoms. The van der Waals surface area contributed by atoms with Crippen molar-refractivity contribution < 1.29 is 4.79 Å². The van der Waals surface area contributed by atoms with Crippen LogP contribution in [-0.4, -0.2) is 21.1 Å². The van der Waals surface area contributed by atoms with Crippen LogP contribution in [0.1, 0.15) is 50.9 Å². The average Bonchev–Trinajstić information content (AvgIpc) is 3.10. The van der Waals surface area contributed by atoms with E-state index in [4.69, 9.17) is 0 Å². The van der Waals surface area contributed by atoms with Crippen LogP contribution in [0.25, 0.3) is 0 Å². The quantitative estimate of drug-likeness (QED) is 0.853. The Morgan fingerprint density at radius 2 is 2.44 bits per heavy atom. The number of nitrogens with zero attached hydrogens (tertiary/aromatic N) is 2. The van der Waals surface area contributed by atoms with Crippen molar-refractivity contribution in [2.75, 3.05) is 0 Å². The summed E-state index contributed by atoms with van der Waals surface area (Å²) in [7, 11) is 0. The van der Waals surface area contributed by atoms with Crippen molar-refractivity contribution in [2.24, 2.45) is 17.8 Å². The van der Waals surface area contributed by atoms with Crippen LogP contribution in [-0.2, 0) is 4.79 Å². The third-order valence-electron chi connectivity index (χ3n) is 4.56. The van der Waals surface area contributed by atoms with Gasteiger partial charge in [-0.3, -0.25) is 9.89 Å². The Labute approximate surface area is 107 Å². The minimum Gasteiger partial charge on any atom is -0.346 e. The van der Waals surface area contributed by atoms with Crippen molar-refractivity contribution in [3.05, 3.63) is 12.2 Å². The molecule has 0 aromatic carbocycles. The summed E-state index contributed by atoms with van der Waals surface area (Å²) >= 11 is 0. The van der Waals surface area contributed by atoms with Gasteiger partial charge in [0.2, 0.25) is 5.91 Å². The largest absolute Gasteiger partial charge is 0.346 e. The molecule has 1 amide bonds. The van der Waals surface area contributed by atoms with E-state index in [0.717, 1.165) is 24.6 Å². The summed E-state index contributed by atoms with van der Waals surface area (Å²) in [4.78, 5) is 16.5. The van der Waals surface area contributed by atoms with Crippen LogP contribution in [0.15, 0.2) is 6.33 Å².